The van der Waals surface area contributed by atoms with Gasteiger partial charge in [0.05, 0.1) is 6.54 Å². The summed E-state index contributed by atoms with van der Waals surface area (Å²) >= 11 is 0. The van der Waals surface area contributed by atoms with Crippen molar-refractivity contribution < 1.29 is 14.4 Å². The number of hydrogen-bond acceptors (Lipinski definition) is 5. The highest BCUT2D eigenvalue weighted by Crippen LogP contribution is 1.89. The van der Waals surface area contributed by atoms with E-state index in [2.05, 4.69) is 20.0 Å². The molecular weight excluding hydrogens is 174 g/mol. The third-order valence-electron chi connectivity index (χ3n) is 1.43. The average molecular weight is 185 g/mol. The summed E-state index contributed by atoms with van der Waals surface area (Å²) in [7, 11) is 0. The molecule has 1 rings (SSSR count). The summed E-state index contributed by atoms with van der Waals surface area (Å²) in [5.74, 6) is -0.198. The molecule has 0 saturated carbocycles. The van der Waals surface area contributed by atoms with Crippen LogP contribution in [0.1, 0.15) is 18.7 Å². The van der Waals surface area contributed by atoms with Gasteiger partial charge in [0.15, 0.2) is 5.82 Å². The lowest BCUT2D eigenvalue weighted by atomic mass is 10.3. The third kappa shape index (κ3) is 4.22. The van der Waals surface area contributed by atoms with Crippen molar-refractivity contribution >= 4 is 5.97 Å². The normalized spacial score (nSPS) is 10.2. The molecule has 0 aliphatic carbocycles. The van der Waals surface area contributed by atoms with Crippen LogP contribution in [-0.2, 0) is 11.3 Å². The van der Waals surface area contributed by atoms with Crippen molar-refractivity contribution in [2.75, 3.05) is 6.54 Å². The van der Waals surface area contributed by atoms with Gasteiger partial charge in [-0.2, -0.15) is 4.98 Å². The fourth-order valence-electron chi connectivity index (χ4n) is 0.835. The largest absolute Gasteiger partial charge is 0.481 e. The third-order valence-corrected chi connectivity index (χ3v) is 1.43. The predicted octanol–water partition coefficient (Wildman–Crippen LogP) is 0.0240. The Balaban J connectivity index is 1.99. The van der Waals surface area contributed by atoms with Gasteiger partial charge in [-0.1, -0.05) is 5.16 Å². The Hall–Kier alpha value is -1.43. The van der Waals surface area contributed by atoms with Crippen LogP contribution in [0.25, 0.3) is 0 Å². The maximum absolute atomic E-state index is 10.1. The van der Waals surface area contributed by atoms with Crippen molar-refractivity contribution in [1.82, 2.24) is 15.5 Å². The summed E-state index contributed by atoms with van der Waals surface area (Å²) in [6.45, 7) is 1.15. The number of hydrogen-bond donors (Lipinski definition) is 2. The fraction of sp³-hybridized carbons (Fsp3) is 0.571. The monoisotopic (exact) mass is 185 g/mol. The van der Waals surface area contributed by atoms with Crippen LogP contribution in [0.15, 0.2) is 10.9 Å². The van der Waals surface area contributed by atoms with Crippen molar-refractivity contribution in [1.29, 1.82) is 0 Å². The molecule has 6 heteroatoms. The molecule has 0 radical (unpaired) electrons. The number of aromatic nitrogens is 2. The van der Waals surface area contributed by atoms with Crippen molar-refractivity contribution in [2.24, 2.45) is 0 Å². The van der Waals surface area contributed by atoms with Crippen LogP contribution in [-0.4, -0.2) is 27.8 Å². The number of nitrogens with one attached hydrogen (secondary N) is 1. The van der Waals surface area contributed by atoms with E-state index in [4.69, 9.17) is 5.11 Å². The van der Waals surface area contributed by atoms with E-state index in [9.17, 15) is 4.79 Å². The van der Waals surface area contributed by atoms with E-state index in [0.717, 1.165) is 0 Å². The number of carboxylic acid groups (broad SMARTS) is 1. The predicted molar refractivity (Wildman–Crippen MR) is 42.9 cm³/mol. The van der Waals surface area contributed by atoms with Crippen molar-refractivity contribution in [2.45, 2.75) is 19.4 Å². The minimum Gasteiger partial charge on any atom is -0.481 e. The zero-order chi connectivity index (χ0) is 9.52. The van der Waals surface area contributed by atoms with E-state index < -0.39 is 5.97 Å². The molecule has 2 N–H and O–H groups in total. The SMILES string of the molecule is O=C(O)CCCNCc1ncon1. The van der Waals surface area contributed by atoms with Gasteiger partial charge in [-0.15, -0.1) is 0 Å². The molecule has 0 aliphatic heterocycles. The summed E-state index contributed by atoms with van der Waals surface area (Å²) in [6.07, 6.45) is 2.04. The summed E-state index contributed by atoms with van der Waals surface area (Å²) < 4.78 is 4.51. The highest BCUT2D eigenvalue weighted by atomic mass is 16.5. The Morgan fingerprint density at radius 2 is 2.54 bits per heavy atom. The summed E-state index contributed by atoms with van der Waals surface area (Å²) in [6, 6.07) is 0. The van der Waals surface area contributed by atoms with Crippen LogP contribution >= 0.6 is 0 Å². The molecule has 0 unspecified atom stereocenters. The molecule has 1 aromatic rings. The Morgan fingerprint density at radius 3 is 3.15 bits per heavy atom. The van der Waals surface area contributed by atoms with E-state index in [-0.39, 0.29) is 6.42 Å². The molecule has 1 heterocycles. The first-order chi connectivity index (χ1) is 6.29. The molecule has 72 valence electrons. The smallest absolute Gasteiger partial charge is 0.303 e. The van der Waals surface area contributed by atoms with E-state index >= 15 is 0 Å². The standard InChI is InChI=1S/C7H11N3O3/c11-7(12)2-1-3-8-4-6-9-5-13-10-6/h5,8H,1-4H2,(H,11,12). The molecule has 0 aliphatic rings. The van der Waals surface area contributed by atoms with E-state index in [1.54, 1.807) is 0 Å². The van der Waals surface area contributed by atoms with Gasteiger partial charge in [0.25, 0.3) is 0 Å². The molecule has 0 bridgehead atoms. The Kier molecular flexibility index (Phi) is 3.90. The molecule has 13 heavy (non-hydrogen) atoms. The highest BCUT2D eigenvalue weighted by Gasteiger charge is 1.98. The second-order valence-corrected chi connectivity index (χ2v) is 2.52. The molecule has 0 aromatic carbocycles. The lowest BCUT2D eigenvalue weighted by molar-refractivity contribution is -0.137. The zero-order valence-corrected chi connectivity index (χ0v) is 7.06. The Morgan fingerprint density at radius 1 is 1.69 bits per heavy atom. The second-order valence-electron chi connectivity index (χ2n) is 2.52. The van der Waals surface area contributed by atoms with Crippen molar-refractivity contribution in [3.8, 4) is 0 Å². The van der Waals surface area contributed by atoms with Crippen molar-refractivity contribution in [3.05, 3.63) is 12.2 Å². The Bertz CT molecular complexity index is 247. The molecule has 0 spiro atoms. The first kappa shape index (κ1) is 9.66. The molecule has 0 atom stereocenters. The number of nitrogens with zero attached hydrogens (tertiary/aromatic N) is 2. The van der Waals surface area contributed by atoms with E-state index in [1.807, 2.05) is 0 Å². The lowest BCUT2D eigenvalue weighted by Crippen LogP contribution is -2.16. The van der Waals surface area contributed by atoms with Gasteiger partial charge < -0.3 is 14.9 Å². The van der Waals surface area contributed by atoms with Crippen LogP contribution in [0.4, 0.5) is 0 Å². The molecule has 0 saturated heterocycles. The minimum atomic E-state index is -0.777. The van der Waals surface area contributed by atoms with Crippen LogP contribution < -0.4 is 5.32 Å². The first-order valence-electron chi connectivity index (χ1n) is 3.97. The minimum absolute atomic E-state index is 0.180. The molecule has 0 fully saturated rings. The first-order valence-corrected chi connectivity index (χ1v) is 3.97. The lowest BCUT2D eigenvalue weighted by Gasteiger charge is -1.98. The van der Waals surface area contributed by atoms with Crippen LogP contribution in [0, 0.1) is 0 Å². The quantitative estimate of drug-likeness (QED) is 0.607. The van der Waals surface area contributed by atoms with E-state index in [1.165, 1.54) is 6.39 Å². The number of carbonyl (C=O) groups is 1. The summed E-state index contributed by atoms with van der Waals surface area (Å²) in [4.78, 5) is 13.9. The molecular formula is C7H11N3O3. The summed E-state index contributed by atoms with van der Waals surface area (Å²) in [5.41, 5.74) is 0. The van der Waals surface area contributed by atoms with Gasteiger partial charge in [0, 0.05) is 6.42 Å². The van der Waals surface area contributed by atoms with Gasteiger partial charge in [0.2, 0.25) is 6.39 Å². The topological polar surface area (TPSA) is 88.2 Å². The molecule has 0 amide bonds. The number of aliphatic carboxylic acids is 1. The molecule has 1 aromatic heterocycles. The van der Waals surface area contributed by atoms with Crippen LogP contribution in [0.3, 0.4) is 0 Å². The Labute approximate surface area is 74.9 Å². The van der Waals surface area contributed by atoms with E-state index in [0.29, 0.717) is 25.3 Å². The maximum Gasteiger partial charge on any atom is 0.303 e. The summed E-state index contributed by atoms with van der Waals surface area (Å²) in [5, 5.41) is 14.9. The van der Waals surface area contributed by atoms with Crippen LogP contribution in [0.5, 0.6) is 0 Å². The number of carboxylic acids is 1. The van der Waals surface area contributed by atoms with Gasteiger partial charge in [-0.05, 0) is 13.0 Å². The van der Waals surface area contributed by atoms with Gasteiger partial charge >= 0.3 is 5.97 Å². The fourth-order valence-corrected chi connectivity index (χ4v) is 0.835. The average Bonchev–Trinajstić information content (AvgIpc) is 2.55. The zero-order valence-electron chi connectivity index (χ0n) is 7.06. The maximum atomic E-state index is 10.1. The van der Waals surface area contributed by atoms with Crippen molar-refractivity contribution in [3.63, 3.8) is 0 Å². The molecule has 6 nitrogen and oxygen atoms in total. The van der Waals surface area contributed by atoms with Gasteiger partial charge in [-0.3, -0.25) is 4.79 Å². The second kappa shape index (κ2) is 5.26. The van der Waals surface area contributed by atoms with Crippen LogP contribution in [0.2, 0.25) is 0 Å². The van der Waals surface area contributed by atoms with Gasteiger partial charge in [0.1, 0.15) is 0 Å². The number of rotatable bonds is 6. The van der Waals surface area contributed by atoms with Gasteiger partial charge in [-0.25, -0.2) is 0 Å². The highest BCUT2D eigenvalue weighted by molar-refractivity contribution is 5.66.